The van der Waals surface area contributed by atoms with Crippen molar-refractivity contribution >= 4 is 5.82 Å². The van der Waals surface area contributed by atoms with Crippen LogP contribution in [0.4, 0.5) is 19.0 Å². The summed E-state index contributed by atoms with van der Waals surface area (Å²) in [5, 5.41) is 2.61. The van der Waals surface area contributed by atoms with E-state index in [-0.39, 0.29) is 5.82 Å². The summed E-state index contributed by atoms with van der Waals surface area (Å²) in [7, 11) is 1.90. The van der Waals surface area contributed by atoms with Crippen molar-refractivity contribution < 1.29 is 13.2 Å². The third-order valence-electron chi connectivity index (χ3n) is 2.21. The lowest BCUT2D eigenvalue weighted by Gasteiger charge is -2.14. The number of hydrogen-bond donors (Lipinski definition) is 1. The fourth-order valence-electron chi connectivity index (χ4n) is 1.09. The molecule has 1 rings (SSSR count). The number of hydrogen-bond acceptors (Lipinski definition) is 3. The molecule has 0 saturated heterocycles. The second-order valence-corrected chi connectivity index (χ2v) is 3.41. The van der Waals surface area contributed by atoms with E-state index in [2.05, 4.69) is 10.3 Å². The molecule has 1 aromatic rings. The highest BCUT2D eigenvalue weighted by Crippen LogP contribution is 2.13. The first-order chi connectivity index (χ1) is 7.54. The first kappa shape index (κ1) is 12.8. The molecule has 0 atom stereocenters. The van der Waals surface area contributed by atoms with E-state index in [1.807, 2.05) is 18.9 Å². The molecular formula is C10H14F3N3. The largest absolute Gasteiger partial charge is 0.366 e. The van der Waals surface area contributed by atoms with Crippen LogP contribution in [0.25, 0.3) is 0 Å². The molecular weight excluding hydrogens is 219 g/mol. The Hall–Kier alpha value is -1.30. The lowest BCUT2D eigenvalue weighted by Crippen LogP contribution is -2.25. The zero-order valence-electron chi connectivity index (χ0n) is 9.23. The Balaban J connectivity index is 2.57. The van der Waals surface area contributed by atoms with Crippen LogP contribution in [0.3, 0.4) is 0 Å². The topological polar surface area (TPSA) is 28.2 Å². The molecule has 6 heteroatoms. The van der Waals surface area contributed by atoms with E-state index >= 15 is 0 Å². The van der Waals surface area contributed by atoms with Crippen LogP contribution >= 0.6 is 0 Å². The molecule has 0 bridgehead atoms. The summed E-state index contributed by atoms with van der Waals surface area (Å²) in [6.07, 6.45) is 0. The molecule has 1 aromatic heterocycles. The summed E-state index contributed by atoms with van der Waals surface area (Å²) in [4.78, 5) is 5.14. The Kier molecular flexibility index (Phi) is 4.54. The molecule has 0 amide bonds. The molecule has 90 valence electrons. The van der Waals surface area contributed by atoms with E-state index in [0.717, 1.165) is 6.54 Å². The predicted octanol–water partition coefficient (Wildman–Crippen LogP) is 1.86. The number of nitrogens with zero attached hydrogens (tertiary/aromatic N) is 2. The maximum Gasteiger partial charge on any atom is 0.251 e. The van der Waals surface area contributed by atoms with Crippen molar-refractivity contribution in [3.63, 3.8) is 0 Å². The summed E-state index contributed by atoms with van der Waals surface area (Å²) in [5.41, 5.74) is 0. The van der Waals surface area contributed by atoms with Crippen molar-refractivity contribution in [1.82, 2.24) is 9.88 Å². The number of aromatic nitrogens is 1. The van der Waals surface area contributed by atoms with Crippen LogP contribution in [-0.4, -0.2) is 36.6 Å². The molecule has 0 spiro atoms. The van der Waals surface area contributed by atoms with E-state index in [4.69, 9.17) is 0 Å². The average Bonchev–Trinajstić information content (AvgIpc) is 2.25. The number of nitrogens with one attached hydrogen (secondary N) is 1. The van der Waals surface area contributed by atoms with E-state index in [1.165, 1.54) is 0 Å². The van der Waals surface area contributed by atoms with Crippen LogP contribution in [0.1, 0.15) is 6.92 Å². The Morgan fingerprint density at radius 2 is 2.00 bits per heavy atom. The Bertz CT molecular complexity index is 357. The summed E-state index contributed by atoms with van der Waals surface area (Å²) in [6.45, 7) is 3.92. The van der Waals surface area contributed by atoms with E-state index in [0.29, 0.717) is 19.2 Å². The van der Waals surface area contributed by atoms with Gasteiger partial charge in [-0.25, -0.2) is 8.78 Å². The molecule has 0 aromatic carbocycles. The van der Waals surface area contributed by atoms with Crippen molar-refractivity contribution in [1.29, 1.82) is 0 Å². The summed E-state index contributed by atoms with van der Waals surface area (Å²) < 4.78 is 38.4. The van der Waals surface area contributed by atoms with Gasteiger partial charge in [0.1, 0.15) is 0 Å². The maximum absolute atomic E-state index is 13.1. The molecule has 1 N–H and O–H groups in total. The van der Waals surface area contributed by atoms with Crippen LogP contribution in [0.15, 0.2) is 6.07 Å². The lowest BCUT2D eigenvalue weighted by atomic mass is 10.4. The van der Waals surface area contributed by atoms with Crippen molar-refractivity contribution in [2.45, 2.75) is 6.92 Å². The van der Waals surface area contributed by atoms with Gasteiger partial charge in [-0.3, -0.25) is 0 Å². The average molecular weight is 233 g/mol. The molecule has 0 aliphatic rings. The van der Waals surface area contributed by atoms with E-state index in [1.54, 1.807) is 0 Å². The molecule has 0 fully saturated rings. The van der Waals surface area contributed by atoms with Crippen molar-refractivity contribution in [2.75, 3.05) is 32.0 Å². The normalized spacial score (nSPS) is 10.9. The zero-order valence-corrected chi connectivity index (χ0v) is 9.23. The number of likely N-dealkylation sites (N-methyl/N-ethyl adjacent to an activating group) is 1. The molecule has 0 aliphatic carbocycles. The fourth-order valence-corrected chi connectivity index (χ4v) is 1.09. The van der Waals surface area contributed by atoms with Crippen molar-refractivity contribution in [2.24, 2.45) is 0 Å². The van der Waals surface area contributed by atoms with Gasteiger partial charge in [-0.1, -0.05) is 6.92 Å². The quantitative estimate of drug-likeness (QED) is 0.787. The number of anilines is 1. The smallest absolute Gasteiger partial charge is 0.251 e. The van der Waals surface area contributed by atoms with Crippen LogP contribution in [0.5, 0.6) is 0 Å². The van der Waals surface area contributed by atoms with Gasteiger partial charge in [-0.15, -0.1) is 0 Å². The predicted molar refractivity (Wildman–Crippen MR) is 55.8 cm³/mol. The van der Waals surface area contributed by atoms with Crippen molar-refractivity contribution in [3.05, 3.63) is 23.6 Å². The Morgan fingerprint density at radius 1 is 1.31 bits per heavy atom. The summed E-state index contributed by atoms with van der Waals surface area (Å²) in [6, 6.07) is 0.480. The van der Waals surface area contributed by atoms with Crippen LogP contribution in [0.2, 0.25) is 0 Å². The molecule has 16 heavy (non-hydrogen) atoms. The number of pyridine rings is 1. The minimum Gasteiger partial charge on any atom is -0.366 e. The number of rotatable bonds is 5. The Labute approximate surface area is 92.3 Å². The van der Waals surface area contributed by atoms with E-state index in [9.17, 15) is 13.2 Å². The molecule has 1 heterocycles. The fraction of sp³-hybridized carbons (Fsp3) is 0.500. The minimum absolute atomic E-state index is 0.261. The molecule has 0 saturated carbocycles. The van der Waals surface area contributed by atoms with Gasteiger partial charge in [0.15, 0.2) is 17.5 Å². The molecule has 3 nitrogen and oxygen atoms in total. The highest BCUT2D eigenvalue weighted by Gasteiger charge is 2.10. The van der Waals surface area contributed by atoms with Crippen LogP contribution in [0, 0.1) is 17.6 Å². The van der Waals surface area contributed by atoms with Gasteiger partial charge in [0.05, 0.1) is 0 Å². The minimum atomic E-state index is -1.30. The van der Waals surface area contributed by atoms with Gasteiger partial charge in [-0.2, -0.15) is 9.37 Å². The molecule has 0 radical (unpaired) electrons. The third kappa shape index (κ3) is 3.37. The van der Waals surface area contributed by atoms with Gasteiger partial charge in [-0.05, 0) is 13.6 Å². The standard InChI is InChI=1S/C10H14F3N3/c1-3-16(2)5-4-14-10-8(12)6-7(11)9(13)15-10/h6H,3-5H2,1-2H3,(H,14,15). The monoisotopic (exact) mass is 233 g/mol. The van der Waals surface area contributed by atoms with Crippen molar-refractivity contribution in [3.8, 4) is 0 Å². The maximum atomic E-state index is 13.1. The second-order valence-electron chi connectivity index (χ2n) is 3.41. The third-order valence-corrected chi connectivity index (χ3v) is 2.21. The first-order valence-corrected chi connectivity index (χ1v) is 4.98. The van der Waals surface area contributed by atoms with Crippen LogP contribution < -0.4 is 5.32 Å². The van der Waals surface area contributed by atoms with Gasteiger partial charge >= 0.3 is 0 Å². The highest BCUT2D eigenvalue weighted by molar-refractivity contribution is 5.36. The van der Waals surface area contributed by atoms with Gasteiger partial charge < -0.3 is 10.2 Å². The van der Waals surface area contributed by atoms with Gasteiger partial charge in [0.2, 0.25) is 0 Å². The van der Waals surface area contributed by atoms with Gasteiger partial charge in [0, 0.05) is 19.2 Å². The summed E-state index contributed by atoms with van der Waals surface area (Å²) >= 11 is 0. The Morgan fingerprint density at radius 3 is 2.62 bits per heavy atom. The second kappa shape index (κ2) is 5.69. The highest BCUT2D eigenvalue weighted by atomic mass is 19.2. The number of halogens is 3. The molecule has 0 unspecified atom stereocenters. The van der Waals surface area contributed by atoms with Crippen LogP contribution in [-0.2, 0) is 0 Å². The summed E-state index contributed by atoms with van der Waals surface area (Å²) in [5.74, 6) is -3.73. The molecule has 0 aliphatic heterocycles. The van der Waals surface area contributed by atoms with Gasteiger partial charge in [0.25, 0.3) is 5.95 Å². The lowest BCUT2D eigenvalue weighted by molar-refractivity contribution is 0.366. The zero-order chi connectivity index (χ0) is 12.1. The SMILES string of the molecule is CCN(C)CCNc1nc(F)c(F)cc1F. The first-order valence-electron chi connectivity index (χ1n) is 4.98. The van der Waals surface area contributed by atoms with E-state index < -0.39 is 17.6 Å².